The van der Waals surface area contributed by atoms with Gasteiger partial charge in [0.2, 0.25) is 0 Å². The summed E-state index contributed by atoms with van der Waals surface area (Å²) < 4.78 is 5.39. The third kappa shape index (κ3) is 33.2. The third-order valence-electron chi connectivity index (χ3n) is 7.90. The van der Waals surface area contributed by atoms with Gasteiger partial charge in [-0.2, -0.15) is 0 Å². The van der Waals surface area contributed by atoms with Crippen molar-refractivity contribution in [2.75, 3.05) is 6.61 Å². The fraction of sp³-hybridized carbons (Fsp3) is 0.917. The summed E-state index contributed by atoms with van der Waals surface area (Å²) in [5.74, 6) is 0.0183. The molecular weight excluding hydrogens is 464 g/mol. The highest BCUT2D eigenvalue weighted by Crippen LogP contribution is 2.14. The summed E-state index contributed by atoms with van der Waals surface area (Å²) in [5, 5.41) is 0. The van der Waals surface area contributed by atoms with Gasteiger partial charge in [-0.25, -0.2) is 0 Å². The van der Waals surface area contributed by atoms with Crippen LogP contribution < -0.4 is 0 Å². The van der Waals surface area contributed by atoms with Crippen molar-refractivity contribution >= 4 is 5.97 Å². The number of unbranched alkanes of at least 4 members (excludes halogenated alkanes) is 26. The Hall–Kier alpha value is -0.790. The molecule has 0 fully saturated rings. The minimum absolute atomic E-state index is 0.0183. The van der Waals surface area contributed by atoms with Gasteiger partial charge in [-0.15, -0.1) is 0 Å². The maximum absolute atomic E-state index is 11.8. The Bertz CT molecular complexity index is 470. The zero-order valence-corrected chi connectivity index (χ0v) is 26.4. The summed E-state index contributed by atoms with van der Waals surface area (Å²) in [7, 11) is 0. The van der Waals surface area contributed by atoms with Gasteiger partial charge in [0.15, 0.2) is 0 Å². The van der Waals surface area contributed by atoms with Crippen LogP contribution in [-0.2, 0) is 9.53 Å². The van der Waals surface area contributed by atoms with Gasteiger partial charge in [0.05, 0.1) is 6.61 Å². The lowest BCUT2D eigenvalue weighted by Crippen LogP contribution is -2.05. The molecule has 0 unspecified atom stereocenters. The largest absolute Gasteiger partial charge is 0.466 e. The van der Waals surface area contributed by atoms with E-state index >= 15 is 0 Å². The lowest BCUT2D eigenvalue weighted by atomic mass is 10.0. The zero-order valence-electron chi connectivity index (χ0n) is 26.4. The number of carbonyl (C=O) groups excluding carboxylic acids is 1. The second-order valence-electron chi connectivity index (χ2n) is 11.9. The zero-order chi connectivity index (χ0) is 27.6. The molecule has 0 aromatic carbocycles. The third-order valence-corrected chi connectivity index (χ3v) is 7.90. The second kappa shape index (κ2) is 34.2. The van der Waals surface area contributed by atoms with Crippen molar-refractivity contribution < 1.29 is 9.53 Å². The molecule has 0 aliphatic carbocycles. The molecule has 38 heavy (non-hydrogen) atoms. The minimum Gasteiger partial charge on any atom is -0.466 e. The van der Waals surface area contributed by atoms with Crippen LogP contribution in [0, 0.1) is 0 Å². The van der Waals surface area contributed by atoms with Crippen molar-refractivity contribution in [3.05, 3.63) is 12.2 Å². The number of hydrogen-bond donors (Lipinski definition) is 0. The van der Waals surface area contributed by atoms with E-state index in [1.54, 1.807) is 0 Å². The lowest BCUT2D eigenvalue weighted by molar-refractivity contribution is -0.143. The average molecular weight is 535 g/mol. The summed E-state index contributed by atoms with van der Waals surface area (Å²) in [5.41, 5.74) is 0. The van der Waals surface area contributed by atoms with Crippen molar-refractivity contribution in [3.63, 3.8) is 0 Å². The normalized spacial score (nSPS) is 11.5. The van der Waals surface area contributed by atoms with Gasteiger partial charge in [0.25, 0.3) is 0 Å². The molecule has 0 aliphatic heterocycles. The van der Waals surface area contributed by atoms with Gasteiger partial charge in [-0.05, 0) is 38.5 Å². The van der Waals surface area contributed by atoms with Crippen LogP contribution in [0.2, 0.25) is 0 Å². The predicted octanol–water partition coefficient (Wildman–Crippen LogP) is 12.8. The van der Waals surface area contributed by atoms with E-state index in [0.29, 0.717) is 13.0 Å². The molecule has 0 rings (SSSR count). The molecule has 0 radical (unpaired) electrons. The van der Waals surface area contributed by atoms with Crippen molar-refractivity contribution in [1.29, 1.82) is 0 Å². The van der Waals surface area contributed by atoms with Crippen LogP contribution in [0.3, 0.4) is 0 Å². The summed E-state index contributed by atoms with van der Waals surface area (Å²) in [6, 6.07) is 0. The van der Waals surface area contributed by atoms with Crippen LogP contribution >= 0.6 is 0 Å². The number of allylic oxidation sites excluding steroid dienone is 2. The van der Waals surface area contributed by atoms with Crippen LogP contribution in [0.1, 0.15) is 206 Å². The summed E-state index contributed by atoms with van der Waals surface area (Å²) in [4.78, 5) is 11.8. The molecule has 0 atom stereocenters. The first kappa shape index (κ1) is 37.2. The molecule has 2 heteroatoms. The van der Waals surface area contributed by atoms with E-state index in [0.717, 1.165) is 12.8 Å². The van der Waals surface area contributed by atoms with Crippen LogP contribution in [0.4, 0.5) is 0 Å². The maximum atomic E-state index is 11.8. The maximum Gasteiger partial charge on any atom is 0.305 e. The molecule has 0 saturated carbocycles. The molecule has 0 heterocycles. The molecule has 0 amide bonds. The quantitative estimate of drug-likeness (QED) is 0.0487. The Balaban J connectivity index is 3.14. The number of carbonyl (C=O) groups is 1. The molecule has 0 aromatic rings. The molecule has 0 aromatic heterocycles. The van der Waals surface area contributed by atoms with Crippen molar-refractivity contribution in [2.24, 2.45) is 0 Å². The molecule has 0 N–H and O–H groups in total. The highest BCUT2D eigenvalue weighted by atomic mass is 16.5. The highest BCUT2D eigenvalue weighted by molar-refractivity contribution is 5.69. The first-order valence-corrected chi connectivity index (χ1v) is 17.6. The van der Waals surface area contributed by atoms with Crippen molar-refractivity contribution in [3.8, 4) is 0 Å². The van der Waals surface area contributed by atoms with E-state index in [1.165, 1.54) is 173 Å². The standard InChI is InChI=1S/C36H70O2/c1-3-5-7-9-11-12-13-14-15-16-17-18-19-20-21-22-23-24-25-26-27-29-31-33-35-38-36(37)34-32-30-28-10-8-6-4-2/h14-15H,3-13,16-35H2,1-2H3/b15-14-. The van der Waals surface area contributed by atoms with E-state index in [4.69, 9.17) is 4.74 Å². The molecule has 226 valence electrons. The van der Waals surface area contributed by atoms with E-state index in [1.807, 2.05) is 0 Å². The highest BCUT2D eigenvalue weighted by Gasteiger charge is 2.02. The van der Waals surface area contributed by atoms with Gasteiger partial charge in [0, 0.05) is 6.42 Å². The van der Waals surface area contributed by atoms with Crippen molar-refractivity contribution in [2.45, 2.75) is 206 Å². The molecule has 0 spiro atoms. The van der Waals surface area contributed by atoms with Crippen LogP contribution in [-0.4, -0.2) is 12.6 Å². The topological polar surface area (TPSA) is 26.3 Å². The lowest BCUT2D eigenvalue weighted by Gasteiger charge is -2.05. The van der Waals surface area contributed by atoms with Gasteiger partial charge in [-0.1, -0.05) is 174 Å². The predicted molar refractivity (Wildman–Crippen MR) is 170 cm³/mol. The molecule has 0 saturated heterocycles. The number of hydrogen-bond acceptors (Lipinski definition) is 2. The number of ether oxygens (including phenoxy) is 1. The van der Waals surface area contributed by atoms with Gasteiger partial charge >= 0.3 is 5.97 Å². The molecule has 2 nitrogen and oxygen atoms in total. The van der Waals surface area contributed by atoms with Crippen LogP contribution in [0.5, 0.6) is 0 Å². The van der Waals surface area contributed by atoms with Gasteiger partial charge < -0.3 is 4.74 Å². The summed E-state index contributed by atoms with van der Waals surface area (Å²) >= 11 is 0. The van der Waals surface area contributed by atoms with Crippen molar-refractivity contribution in [1.82, 2.24) is 0 Å². The summed E-state index contributed by atoms with van der Waals surface area (Å²) in [6.45, 7) is 5.17. The van der Waals surface area contributed by atoms with Crippen LogP contribution in [0.15, 0.2) is 12.2 Å². The number of esters is 1. The Labute approximate surface area is 240 Å². The summed E-state index contributed by atoms with van der Waals surface area (Å²) in [6.07, 6.45) is 44.3. The average Bonchev–Trinajstić information content (AvgIpc) is 2.92. The van der Waals surface area contributed by atoms with E-state index in [-0.39, 0.29) is 5.97 Å². The van der Waals surface area contributed by atoms with E-state index in [9.17, 15) is 4.79 Å². The first-order valence-electron chi connectivity index (χ1n) is 17.6. The molecular formula is C36H70O2. The van der Waals surface area contributed by atoms with E-state index < -0.39 is 0 Å². The van der Waals surface area contributed by atoms with E-state index in [2.05, 4.69) is 26.0 Å². The molecule has 0 aliphatic rings. The monoisotopic (exact) mass is 535 g/mol. The Morgan fingerprint density at radius 2 is 0.737 bits per heavy atom. The Morgan fingerprint density at radius 3 is 1.13 bits per heavy atom. The second-order valence-corrected chi connectivity index (χ2v) is 11.9. The van der Waals surface area contributed by atoms with Crippen LogP contribution in [0.25, 0.3) is 0 Å². The van der Waals surface area contributed by atoms with Gasteiger partial charge in [-0.3, -0.25) is 4.79 Å². The SMILES string of the molecule is CCCCCCCC/C=C\CCCCCCCCCCCCCCCCOC(=O)CCCCCCCCC. The minimum atomic E-state index is 0.0183. The Morgan fingerprint density at radius 1 is 0.421 bits per heavy atom. The van der Waals surface area contributed by atoms with Gasteiger partial charge in [0.1, 0.15) is 0 Å². The smallest absolute Gasteiger partial charge is 0.305 e. The Kier molecular flexibility index (Phi) is 33.5. The first-order chi connectivity index (χ1) is 18.8. The fourth-order valence-electron chi connectivity index (χ4n) is 5.25. The molecule has 0 bridgehead atoms. The number of rotatable bonds is 32. The fourth-order valence-corrected chi connectivity index (χ4v) is 5.25.